The predicted molar refractivity (Wildman–Crippen MR) is 521 cm³/mol. The lowest BCUT2D eigenvalue weighted by molar-refractivity contribution is 1.20. The van der Waals surface area contributed by atoms with E-state index in [0.717, 1.165) is 32.9 Å². The van der Waals surface area contributed by atoms with E-state index in [2.05, 4.69) is 484 Å². The van der Waals surface area contributed by atoms with Gasteiger partial charge in [0.2, 0.25) is 0 Å². The van der Waals surface area contributed by atoms with Crippen molar-refractivity contribution in [3.05, 3.63) is 471 Å². The van der Waals surface area contributed by atoms with Crippen LogP contribution in [0.1, 0.15) is 5.56 Å². The Bertz CT molecular complexity index is 8110. The Morgan fingerprint density at radius 3 is 1.17 bits per heavy atom. The molecule has 0 aliphatic heterocycles. The lowest BCUT2D eigenvalue weighted by Gasteiger charge is -2.28. The van der Waals surface area contributed by atoms with Gasteiger partial charge in [0.1, 0.15) is 12.2 Å². The molecule has 0 unspecified atom stereocenters. The van der Waals surface area contributed by atoms with Crippen LogP contribution in [0.5, 0.6) is 0 Å². The Morgan fingerprint density at radius 2 is 0.628 bits per heavy atom. The third kappa shape index (κ3) is 12.8. The highest BCUT2D eigenvalue weighted by Gasteiger charge is 2.26. The highest BCUT2D eigenvalue weighted by atomic mass is 79.9. The first-order chi connectivity index (χ1) is 60.0. The van der Waals surface area contributed by atoms with Crippen molar-refractivity contribution in [2.24, 2.45) is 0 Å². The molecule has 1 aliphatic rings. The van der Waals surface area contributed by atoms with Gasteiger partial charge in [-0.3, -0.25) is 0 Å². The van der Waals surface area contributed by atoms with E-state index in [4.69, 9.17) is 0 Å². The summed E-state index contributed by atoms with van der Waals surface area (Å²) < 4.78 is 5.93. The molecule has 0 saturated carbocycles. The Labute approximate surface area is 709 Å². The molecule has 566 valence electrons. The monoisotopic (exact) mass is 1600 g/mol. The van der Waals surface area contributed by atoms with Crippen molar-refractivity contribution in [2.45, 2.75) is 0 Å². The van der Waals surface area contributed by atoms with E-state index < -0.39 is 0 Å². The van der Waals surface area contributed by atoms with Gasteiger partial charge in [0, 0.05) is 82.0 Å². The number of nitrogens with zero attached hydrogens (tertiary/aromatic N) is 3. The first kappa shape index (κ1) is 72.0. The van der Waals surface area contributed by atoms with Crippen LogP contribution in [0.4, 0.5) is 28.4 Å². The van der Waals surface area contributed by atoms with Gasteiger partial charge in [-0.25, -0.2) is 0 Å². The molecule has 0 atom stereocenters. The maximum atomic E-state index is 3.68. The number of rotatable bonds is 11. The molecule has 0 fully saturated rings. The molecule has 2 aromatic heterocycles. The summed E-state index contributed by atoms with van der Waals surface area (Å²) in [5.41, 5.74) is 22.7. The smallest absolute Gasteiger partial charge is 0.103 e. The summed E-state index contributed by atoms with van der Waals surface area (Å²) in [4.78, 5) is 2.47. The molecule has 0 spiro atoms. The van der Waals surface area contributed by atoms with Gasteiger partial charge >= 0.3 is 0 Å². The lowest BCUT2D eigenvalue weighted by atomic mass is 9.85. The van der Waals surface area contributed by atoms with Crippen LogP contribution in [0.15, 0.2) is 459 Å². The van der Waals surface area contributed by atoms with Crippen molar-refractivity contribution in [1.82, 2.24) is 9.13 Å². The quantitative estimate of drug-likeness (QED) is 0.103. The molecule has 23 aromatic rings. The molecule has 21 aromatic carbocycles. The van der Waals surface area contributed by atoms with Crippen molar-refractivity contribution in [3.8, 4) is 44.8 Å². The second kappa shape index (κ2) is 30.9. The van der Waals surface area contributed by atoms with Gasteiger partial charge in [-0.1, -0.05) is 350 Å². The molecule has 1 aliphatic carbocycles. The summed E-state index contributed by atoms with van der Waals surface area (Å²) in [6.45, 7) is 0. The predicted octanol–water partition coefficient (Wildman–Crippen LogP) is 32.8. The fraction of sp³-hybridized carbons (Fsp3) is 0. The Morgan fingerprint density at radius 1 is 0.256 bits per heavy atom. The van der Waals surface area contributed by atoms with Crippen LogP contribution < -0.4 is 10.2 Å². The number of benzene rings is 21. The molecule has 5 heteroatoms. The number of nitrogens with one attached hydrogen (secondary N) is 1. The number of allylic oxidation sites excluding steroid dienone is 6. The van der Waals surface area contributed by atoms with Gasteiger partial charge in [-0.15, -0.1) is 0 Å². The molecule has 24 rings (SSSR count). The van der Waals surface area contributed by atoms with Crippen LogP contribution in [0, 0.1) is 6.08 Å². The van der Waals surface area contributed by atoms with Gasteiger partial charge in [-0.2, -0.15) is 0 Å². The minimum atomic E-state index is 1.09. The standard InChI is InChI=1S/C58H38N2.C32H22N2.C26H16Br/c1-3-19-41(20-4-1)57-48-28-11-12-29-49(48)58(42-21-5-2-6-22-42)52-38-43(33-35-50(52)57)59(53-31-15-23-39-17-7-9-25-45(39)53)44-34-36-56-51(37-44)47-27-13-14-30-55(47)60(56)54-32-16-24-40-18-8-10-26-46(40)54;1-3-13-25-22(9-1)11-7-16-29(25)33-24-19-20-32-28(21-24)27-15-5-6-17-31(27)34(32)30-18-8-12-23-10-2-4-14-26(23)30;27-20-15-16-23-24(17-20)26(19-11-5-2-6-12-19)22-14-8-7-13-21(22)25(23)18-9-3-1-4-10-18/h1-38H;1-21,33H;1,3-17H/q;;+1. The fourth-order valence-electron chi connectivity index (χ4n) is 18.9. The van der Waals surface area contributed by atoms with E-state index in [9.17, 15) is 0 Å². The second-order valence-corrected chi connectivity index (χ2v) is 31.9. The van der Waals surface area contributed by atoms with Gasteiger partial charge in [0.15, 0.2) is 0 Å². The van der Waals surface area contributed by atoms with Gasteiger partial charge in [0.25, 0.3) is 0 Å². The van der Waals surface area contributed by atoms with Crippen molar-refractivity contribution in [3.63, 3.8) is 0 Å². The SMILES string of the molecule is Brc1ccc2c(-c3ccccc3)c3ccccc3c(C3=CC=[C+]C=C3)c2c1.c1ccc(-c2c3ccccc3c(-c3ccccc3)c3cc(N(c4ccc5c(c4)c4ccccc4n5-c4cccc5ccccc45)c4cccc5ccccc45)ccc23)cc1.c1ccc2c(Nc3ccc4c(c3)c3ccccc3n4-c3cccc4ccccc34)cccc2c1. The van der Waals surface area contributed by atoms with E-state index in [-0.39, 0.29) is 0 Å². The largest absolute Gasteiger partial charge is 0.355 e. The van der Waals surface area contributed by atoms with Gasteiger partial charge in [0.05, 0.1) is 56.9 Å². The topological polar surface area (TPSA) is 25.1 Å². The average molecular weight is 1610 g/mol. The highest BCUT2D eigenvalue weighted by molar-refractivity contribution is 9.10. The number of hydrogen-bond acceptors (Lipinski definition) is 2. The number of para-hydroxylation sites is 2. The fourth-order valence-corrected chi connectivity index (χ4v) is 19.2. The highest BCUT2D eigenvalue weighted by Crippen LogP contribution is 2.50. The Kier molecular flexibility index (Phi) is 18.4. The first-order valence-corrected chi connectivity index (χ1v) is 42.1. The lowest BCUT2D eigenvalue weighted by Crippen LogP contribution is -2.10. The number of anilines is 5. The molecular formula is C116H76BrN4+. The molecule has 121 heavy (non-hydrogen) atoms. The number of aromatic nitrogens is 2. The van der Waals surface area contributed by atoms with E-state index in [1.807, 2.05) is 12.2 Å². The van der Waals surface area contributed by atoms with Crippen LogP contribution in [-0.2, 0) is 0 Å². The van der Waals surface area contributed by atoms with Gasteiger partial charge < -0.3 is 19.4 Å². The number of fused-ring (bicyclic) bond motifs is 14. The molecule has 0 radical (unpaired) electrons. The van der Waals surface area contributed by atoms with E-state index in [1.54, 1.807) is 0 Å². The van der Waals surface area contributed by atoms with Crippen molar-refractivity contribution >= 4 is 180 Å². The average Bonchev–Trinajstić information content (AvgIpc) is 1.68. The minimum absolute atomic E-state index is 1.09. The maximum absolute atomic E-state index is 3.68. The number of halogens is 1. The number of hydrogen-bond donors (Lipinski definition) is 1. The summed E-state index contributed by atoms with van der Waals surface area (Å²) >= 11 is 3.68. The van der Waals surface area contributed by atoms with Crippen molar-refractivity contribution in [2.75, 3.05) is 10.2 Å². The minimum Gasteiger partial charge on any atom is -0.355 e. The normalized spacial score (nSPS) is 11.9. The van der Waals surface area contributed by atoms with Crippen LogP contribution in [-0.4, -0.2) is 9.13 Å². The van der Waals surface area contributed by atoms with E-state index >= 15 is 0 Å². The molecular weight excluding hydrogens is 1530 g/mol. The third-order valence-electron chi connectivity index (χ3n) is 24.1. The zero-order valence-electron chi connectivity index (χ0n) is 66.0. The molecule has 0 bridgehead atoms. The molecule has 1 N–H and O–H groups in total. The summed E-state index contributed by atoms with van der Waals surface area (Å²) in [7, 11) is 0. The maximum Gasteiger partial charge on any atom is 0.103 e. The van der Waals surface area contributed by atoms with E-state index in [1.165, 1.54) is 186 Å². The Balaban J connectivity index is 0.000000121. The van der Waals surface area contributed by atoms with Crippen molar-refractivity contribution in [1.29, 1.82) is 0 Å². The zero-order valence-corrected chi connectivity index (χ0v) is 67.6. The van der Waals surface area contributed by atoms with Crippen molar-refractivity contribution < 1.29 is 0 Å². The van der Waals surface area contributed by atoms with E-state index in [0.29, 0.717) is 0 Å². The van der Waals surface area contributed by atoms with Crippen LogP contribution in [0.2, 0.25) is 0 Å². The molecule has 4 nitrogen and oxygen atoms in total. The molecule has 2 heterocycles. The zero-order chi connectivity index (χ0) is 80.3. The molecule has 0 amide bonds. The molecule has 0 saturated heterocycles. The summed E-state index contributed by atoms with van der Waals surface area (Å²) in [6, 6.07) is 156. The summed E-state index contributed by atoms with van der Waals surface area (Å²) in [6.07, 6.45) is 11.4. The van der Waals surface area contributed by atoms with Gasteiger partial charge in [-0.05, 0) is 195 Å². The Hall–Kier alpha value is -15.5. The van der Waals surface area contributed by atoms with Crippen LogP contribution in [0.25, 0.3) is 180 Å². The van der Waals surface area contributed by atoms with Crippen LogP contribution >= 0.6 is 15.9 Å². The van der Waals surface area contributed by atoms with Crippen LogP contribution in [0.3, 0.4) is 0 Å². The first-order valence-electron chi connectivity index (χ1n) is 41.3. The summed E-state index contributed by atoms with van der Waals surface area (Å²) in [5.74, 6) is 0. The second-order valence-electron chi connectivity index (χ2n) is 31.0. The third-order valence-corrected chi connectivity index (χ3v) is 24.6. The summed E-state index contributed by atoms with van der Waals surface area (Å²) in [5, 5.41) is 28.5.